The summed E-state index contributed by atoms with van der Waals surface area (Å²) in [4.78, 5) is 23.1. The molecule has 0 amide bonds. The van der Waals surface area contributed by atoms with Gasteiger partial charge in [0.1, 0.15) is 5.82 Å². The predicted molar refractivity (Wildman–Crippen MR) is 148 cm³/mol. The second-order valence-corrected chi connectivity index (χ2v) is 9.59. The molecule has 0 aliphatic carbocycles. The summed E-state index contributed by atoms with van der Waals surface area (Å²) in [5, 5.41) is 3.28. The fourth-order valence-corrected chi connectivity index (χ4v) is 4.54. The highest BCUT2D eigenvalue weighted by Gasteiger charge is 2.23. The van der Waals surface area contributed by atoms with Crippen LogP contribution in [0.25, 0.3) is 11.3 Å². The van der Waals surface area contributed by atoms with Gasteiger partial charge < -0.3 is 19.7 Å². The molecule has 0 saturated carbocycles. The van der Waals surface area contributed by atoms with Crippen LogP contribution in [0.4, 0.5) is 17.5 Å². The maximum atomic E-state index is 5.59. The molecule has 5 rings (SSSR count). The largest absolute Gasteiger partial charge is 0.379 e. The van der Waals surface area contributed by atoms with E-state index in [-0.39, 0.29) is 0 Å². The molecule has 2 aliphatic heterocycles. The van der Waals surface area contributed by atoms with Gasteiger partial charge in [0.25, 0.3) is 0 Å². The molecule has 2 fully saturated rings. The Bertz CT molecular complexity index is 1260. The van der Waals surface area contributed by atoms with E-state index in [1.165, 1.54) is 0 Å². The van der Waals surface area contributed by atoms with E-state index in [2.05, 4.69) is 57.0 Å². The molecule has 2 aliphatic rings. The molecule has 1 unspecified atom stereocenters. The SMILES string of the molecule is CCCC#Cc1cc(-c2ccnc(Nc3ccc(CN4CCOCC4)nc3)n2)cnc1N(C)C1CCOC1. The molecule has 0 aromatic carbocycles. The number of likely N-dealkylation sites (N-methyl/N-ethyl adjacent to an activating group) is 1. The first-order valence-electron chi connectivity index (χ1n) is 13.3. The van der Waals surface area contributed by atoms with Crippen molar-refractivity contribution < 1.29 is 9.47 Å². The topological polar surface area (TPSA) is 88.5 Å². The molecule has 3 aromatic rings. The van der Waals surface area contributed by atoms with Gasteiger partial charge in [-0.2, -0.15) is 0 Å². The minimum absolute atomic E-state index is 0.309. The Labute approximate surface area is 224 Å². The molecule has 0 bridgehead atoms. The first kappa shape index (κ1) is 26.0. The Morgan fingerprint density at radius 1 is 1.08 bits per heavy atom. The standard InChI is InChI=1S/C29H35N7O2/c1-3-4-5-6-22-17-23(18-32-28(22)35(2)26-10-14-38-21-26)27-9-11-30-29(34-27)33-24-7-8-25(31-19-24)20-36-12-15-37-16-13-36/h7-9,11,17-19,26H,3-4,10,12-16,20-21H2,1-2H3,(H,30,33,34). The number of nitrogens with zero attached hydrogens (tertiary/aromatic N) is 6. The number of anilines is 3. The normalized spacial score (nSPS) is 17.6. The fourth-order valence-electron chi connectivity index (χ4n) is 4.54. The number of hydrogen-bond donors (Lipinski definition) is 1. The number of ether oxygens (including phenoxy) is 2. The van der Waals surface area contributed by atoms with Gasteiger partial charge in [-0.05, 0) is 37.1 Å². The molecule has 9 nitrogen and oxygen atoms in total. The molecular formula is C29H35N7O2. The number of aromatic nitrogens is 4. The van der Waals surface area contributed by atoms with E-state index >= 15 is 0 Å². The van der Waals surface area contributed by atoms with E-state index in [0.29, 0.717) is 18.6 Å². The lowest BCUT2D eigenvalue weighted by Gasteiger charge is -2.26. The first-order valence-corrected chi connectivity index (χ1v) is 13.3. The third kappa shape index (κ3) is 6.64. The van der Waals surface area contributed by atoms with Gasteiger partial charge >= 0.3 is 0 Å². The molecular weight excluding hydrogens is 478 g/mol. The van der Waals surface area contributed by atoms with Crippen LogP contribution in [0.5, 0.6) is 0 Å². The van der Waals surface area contributed by atoms with E-state index in [9.17, 15) is 0 Å². The maximum Gasteiger partial charge on any atom is 0.227 e. The lowest BCUT2D eigenvalue weighted by Crippen LogP contribution is -2.35. The van der Waals surface area contributed by atoms with E-state index in [1.807, 2.05) is 30.6 Å². The Morgan fingerprint density at radius 3 is 2.74 bits per heavy atom. The van der Waals surface area contributed by atoms with Gasteiger partial charge in [0, 0.05) is 57.7 Å². The average molecular weight is 514 g/mol. The molecule has 0 spiro atoms. The molecule has 1 N–H and O–H groups in total. The number of morpholine rings is 1. The van der Waals surface area contributed by atoms with Gasteiger partial charge in [0.15, 0.2) is 0 Å². The zero-order chi connectivity index (χ0) is 26.2. The lowest BCUT2D eigenvalue weighted by molar-refractivity contribution is 0.0336. The smallest absolute Gasteiger partial charge is 0.227 e. The molecule has 38 heavy (non-hydrogen) atoms. The van der Waals surface area contributed by atoms with E-state index in [0.717, 1.165) is 92.7 Å². The fraction of sp³-hybridized carbons (Fsp3) is 0.448. The van der Waals surface area contributed by atoms with Crippen molar-refractivity contribution in [2.45, 2.75) is 38.8 Å². The summed E-state index contributed by atoms with van der Waals surface area (Å²) in [6.45, 7) is 7.90. The van der Waals surface area contributed by atoms with Crippen LogP contribution in [0.2, 0.25) is 0 Å². The van der Waals surface area contributed by atoms with E-state index in [4.69, 9.17) is 19.4 Å². The van der Waals surface area contributed by atoms with Crippen LogP contribution in [0.15, 0.2) is 42.9 Å². The van der Waals surface area contributed by atoms with Crippen molar-refractivity contribution in [2.75, 3.05) is 56.8 Å². The Morgan fingerprint density at radius 2 is 1.97 bits per heavy atom. The highest BCUT2D eigenvalue weighted by atomic mass is 16.5. The maximum absolute atomic E-state index is 5.59. The number of rotatable bonds is 8. The van der Waals surface area contributed by atoms with Gasteiger partial charge in [-0.3, -0.25) is 9.88 Å². The molecule has 1 atom stereocenters. The van der Waals surface area contributed by atoms with Gasteiger partial charge in [0.2, 0.25) is 5.95 Å². The van der Waals surface area contributed by atoms with Crippen LogP contribution in [-0.2, 0) is 16.0 Å². The van der Waals surface area contributed by atoms with Crippen LogP contribution < -0.4 is 10.2 Å². The molecule has 5 heterocycles. The van der Waals surface area contributed by atoms with E-state index in [1.54, 1.807) is 6.20 Å². The van der Waals surface area contributed by atoms with Crippen LogP contribution in [-0.4, -0.2) is 77.4 Å². The van der Waals surface area contributed by atoms with E-state index < -0.39 is 0 Å². The number of pyridine rings is 2. The van der Waals surface area contributed by atoms with Crippen LogP contribution >= 0.6 is 0 Å². The first-order chi connectivity index (χ1) is 18.7. The van der Waals surface area contributed by atoms with Gasteiger partial charge in [-0.15, -0.1) is 0 Å². The minimum atomic E-state index is 0.309. The second-order valence-electron chi connectivity index (χ2n) is 9.59. The monoisotopic (exact) mass is 513 g/mol. The van der Waals surface area contributed by atoms with Crippen LogP contribution in [0, 0.1) is 11.8 Å². The quantitative estimate of drug-likeness (QED) is 0.451. The highest BCUT2D eigenvalue weighted by molar-refractivity contribution is 5.67. The Kier molecular flexibility index (Phi) is 8.76. The summed E-state index contributed by atoms with van der Waals surface area (Å²) in [7, 11) is 2.07. The van der Waals surface area contributed by atoms with Gasteiger partial charge in [0.05, 0.1) is 54.7 Å². The minimum Gasteiger partial charge on any atom is -0.379 e. The lowest BCUT2D eigenvalue weighted by atomic mass is 10.1. The van der Waals surface area contributed by atoms with Crippen molar-refractivity contribution in [2.24, 2.45) is 0 Å². The Hall–Kier alpha value is -3.58. The molecule has 198 valence electrons. The second kappa shape index (κ2) is 12.8. The average Bonchev–Trinajstić information content (AvgIpc) is 3.50. The summed E-state index contributed by atoms with van der Waals surface area (Å²) in [6, 6.07) is 8.33. The van der Waals surface area contributed by atoms with Crippen LogP contribution in [0.1, 0.15) is 37.4 Å². The number of nitrogens with one attached hydrogen (secondary N) is 1. The van der Waals surface area contributed by atoms with Crippen molar-refractivity contribution in [3.63, 3.8) is 0 Å². The van der Waals surface area contributed by atoms with Crippen molar-refractivity contribution >= 4 is 17.5 Å². The summed E-state index contributed by atoms with van der Waals surface area (Å²) < 4.78 is 11.0. The summed E-state index contributed by atoms with van der Waals surface area (Å²) in [5.41, 5.74) is 4.45. The molecule has 9 heteroatoms. The summed E-state index contributed by atoms with van der Waals surface area (Å²) in [5.74, 6) is 8.01. The number of unbranched alkanes of at least 4 members (excludes halogenated alkanes) is 1. The van der Waals surface area contributed by atoms with Crippen molar-refractivity contribution in [3.8, 4) is 23.1 Å². The van der Waals surface area contributed by atoms with Gasteiger partial charge in [-0.1, -0.05) is 18.8 Å². The Balaban J connectivity index is 1.32. The number of hydrogen-bond acceptors (Lipinski definition) is 9. The zero-order valence-corrected chi connectivity index (χ0v) is 22.2. The molecule has 0 radical (unpaired) electrons. The zero-order valence-electron chi connectivity index (χ0n) is 22.2. The van der Waals surface area contributed by atoms with Crippen molar-refractivity contribution in [1.82, 2.24) is 24.8 Å². The van der Waals surface area contributed by atoms with Crippen LogP contribution in [0.3, 0.4) is 0 Å². The summed E-state index contributed by atoms with van der Waals surface area (Å²) >= 11 is 0. The molecule has 2 saturated heterocycles. The summed E-state index contributed by atoms with van der Waals surface area (Å²) in [6.07, 6.45) is 8.30. The highest BCUT2D eigenvalue weighted by Crippen LogP contribution is 2.27. The van der Waals surface area contributed by atoms with Crippen molar-refractivity contribution in [3.05, 3.63) is 54.1 Å². The predicted octanol–water partition coefficient (Wildman–Crippen LogP) is 3.89. The molecule has 3 aromatic heterocycles. The third-order valence-electron chi connectivity index (χ3n) is 6.77. The van der Waals surface area contributed by atoms with Gasteiger partial charge in [-0.25, -0.2) is 15.0 Å². The van der Waals surface area contributed by atoms with Crippen molar-refractivity contribution in [1.29, 1.82) is 0 Å². The third-order valence-corrected chi connectivity index (χ3v) is 6.77.